The lowest BCUT2D eigenvalue weighted by Gasteiger charge is -2.22. The van der Waals surface area contributed by atoms with Crippen LogP contribution in [0.1, 0.15) is 32.6 Å². The van der Waals surface area contributed by atoms with Crippen molar-refractivity contribution in [1.29, 1.82) is 0 Å². The number of Topliss-reactive ketones (excluding diaryl/α,β-unsaturated/α-hetero) is 1. The Balaban J connectivity index is 2.31. The second-order valence-electron chi connectivity index (χ2n) is 4.53. The van der Waals surface area contributed by atoms with E-state index in [0.29, 0.717) is 17.7 Å². The molecule has 17 heavy (non-hydrogen) atoms. The number of thioether (sulfide) groups is 1. The molecule has 1 saturated heterocycles. The fourth-order valence-corrected chi connectivity index (χ4v) is 3.88. The minimum absolute atomic E-state index is 0.222. The van der Waals surface area contributed by atoms with Crippen molar-refractivity contribution in [3.63, 3.8) is 0 Å². The molecule has 0 aliphatic carbocycles. The summed E-state index contributed by atoms with van der Waals surface area (Å²) in [7, 11) is 1.93. The van der Waals surface area contributed by atoms with Crippen LogP contribution in [0.25, 0.3) is 0 Å². The highest BCUT2D eigenvalue weighted by Crippen LogP contribution is 2.31. The van der Waals surface area contributed by atoms with E-state index in [4.69, 9.17) is 0 Å². The second-order valence-corrected chi connectivity index (χ2v) is 5.80. The van der Waals surface area contributed by atoms with Gasteiger partial charge in [-0.15, -0.1) is 0 Å². The zero-order valence-corrected chi connectivity index (χ0v) is 11.4. The van der Waals surface area contributed by atoms with Gasteiger partial charge in [-0.2, -0.15) is 11.8 Å². The Morgan fingerprint density at radius 1 is 1.47 bits per heavy atom. The first-order valence-corrected chi connectivity index (χ1v) is 7.22. The van der Waals surface area contributed by atoms with E-state index in [2.05, 4.69) is 10.6 Å². The fraction of sp³-hybridized carbons (Fsp3) is 0.833. The van der Waals surface area contributed by atoms with E-state index in [1.807, 2.05) is 18.8 Å². The first-order chi connectivity index (χ1) is 8.19. The topological polar surface area (TPSA) is 58.2 Å². The third-order valence-electron chi connectivity index (χ3n) is 3.22. The second kappa shape index (κ2) is 7.71. The number of carbonyl (C=O) groups is 2. The van der Waals surface area contributed by atoms with Crippen molar-refractivity contribution in [2.45, 2.75) is 49.9 Å². The van der Waals surface area contributed by atoms with Crippen LogP contribution in [0.3, 0.4) is 0 Å². The van der Waals surface area contributed by atoms with Crippen LogP contribution >= 0.6 is 11.8 Å². The van der Waals surface area contributed by atoms with Crippen LogP contribution in [0, 0.1) is 0 Å². The predicted octanol–water partition coefficient (Wildman–Crippen LogP) is 0.954. The molecule has 1 rings (SSSR count). The van der Waals surface area contributed by atoms with Gasteiger partial charge >= 0.3 is 0 Å². The maximum Gasteiger partial charge on any atom is 0.207 e. The number of amides is 1. The Hall–Kier alpha value is -0.550. The van der Waals surface area contributed by atoms with E-state index in [-0.39, 0.29) is 11.8 Å². The smallest absolute Gasteiger partial charge is 0.207 e. The van der Waals surface area contributed by atoms with Gasteiger partial charge in [-0.1, -0.05) is 6.42 Å². The molecular formula is C12H22N2O2S. The molecule has 5 heteroatoms. The quantitative estimate of drug-likeness (QED) is 0.503. The van der Waals surface area contributed by atoms with E-state index in [9.17, 15) is 9.59 Å². The first kappa shape index (κ1) is 14.5. The molecule has 0 spiro atoms. The Morgan fingerprint density at radius 2 is 2.24 bits per heavy atom. The van der Waals surface area contributed by atoms with Gasteiger partial charge in [0, 0.05) is 23.5 Å². The van der Waals surface area contributed by atoms with Gasteiger partial charge in [0.1, 0.15) is 5.78 Å². The van der Waals surface area contributed by atoms with Gasteiger partial charge in [0.2, 0.25) is 6.41 Å². The number of unbranched alkanes of at least 4 members (excludes halogenated alkanes) is 1. The number of hydrogen-bond acceptors (Lipinski definition) is 4. The number of rotatable bonds is 8. The molecule has 0 aromatic heterocycles. The summed E-state index contributed by atoms with van der Waals surface area (Å²) in [4.78, 5) is 21.4. The summed E-state index contributed by atoms with van der Waals surface area (Å²) >= 11 is 1.91. The summed E-state index contributed by atoms with van der Waals surface area (Å²) in [5.74, 6) is 1.30. The summed E-state index contributed by atoms with van der Waals surface area (Å²) in [5, 5.41) is 6.63. The normalized spacial score (nSPS) is 28.0. The molecule has 0 aromatic rings. The van der Waals surface area contributed by atoms with Crippen molar-refractivity contribution in [3.8, 4) is 0 Å². The summed E-state index contributed by atoms with van der Waals surface area (Å²) in [5.41, 5.74) is 0. The lowest BCUT2D eigenvalue weighted by atomic mass is 10.0. The summed E-state index contributed by atoms with van der Waals surface area (Å²) < 4.78 is 0. The maximum absolute atomic E-state index is 10.8. The van der Waals surface area contributed by atoms with Gasteiger partial charge in [0.05, 0.1) is 6.04 Å². The van der Waals surface area contributed by atoms with E-state index < -0.39 is 0 Å². The molecule has 3 atom stereocenters. The summed E-state index contributed by atoms with van der Waals surface area (Å²) in [6, 6.07) is 0.586. The molecule has 0 aromatic carbocycles. The molecule has 1 amide bonds. The zero-order valence-electron chi connectivity index (χ0n) is 10.6. The highest BCUT2D eigenvalue weighted by Gasteiger charge is 2.34. The van der Waals surface area contributed by atoms with Crippen molar-refractivity contribution >= 4 is 24.0 Å². The molecule has 4 nitrogen and oxygen atoms in total. The lowest BCUT2D eigenvalue weighted by molar-refractivity contribution is -0.117. The van der Waals surface area contributed by atoms with Crippen LogP contribution in [0.2, 0.25) is 0 Å². The summed E-state index contributed by atoms with van der Waals surface area (Å²) in [6.07, 6.45) is 4.57. The molecule has 98 valence electrons. The van der Waals surface area contributed by atoms with Gasteiger partial charge in [-0.05, 0) is 26.8 Å². The average molecular weight is 258 g/mol. The molecule has 1 fully saturated rings. The van der Waals surface area contributed by atoms with E-state index in [1.165, 1.54) is 0 Å². The highest BCUT2D eigenvalue weighted by atomic mass is 32.2. The Bertz CT molecular complexity index is 261. The van der Waals surface area contributed by atoms with Crippen molar-refractivity contribution < 1.29 is 9.59 Å². The number of likely N-dealkylation sites (N-methyl/N-ethyl adjacent to an activating group) is 1. The van der Waals surface area contributed by atoms with E-state index >= 15 is 0 Å². The van der Waals surface area contributed by atoms with Gasteiger partial charge in [0.25, 0.3) is 0 Å². The zero-order chi connectivity index (χ0) is 12.7. The lowest BCUT2D eigenvalue weighted by Crippen LogP contribution is -2.48. The number of nitrogens with one attached hydrogen (secondary N) is 2. The Kier molecular flexibility index (Phi) is 6.58. The number of carbonyl (C=O) groups excluding carboxylic acids is 2. The van der Waals surface area contributed by atoms with Crippen molar-refractivity contribution in [1.82, 2.24) is 10.6 Å². The van der Waals surface area contributed by atoms with Crippen molar-refractivity contribution in [2.24, 2.45) is 0 Å². The van der Waals surface area contributed by atoms with Crippen LogP contribution < -0.4 is 10.6 Å². The fourth-order valence-electron chi connectivity index (χ4n) is 2.24. The van der Waals surface area contributed by atoms with E-state index in [1.54, 1.807) is 6.92 Å². The molecule has 0 bridgehead atoms. The van der Waals surface area contributed by atoms with Crippen LogP contribution in [0.15, 0.2) is 0 Å². The number of ketones is 1. The minimum atomic E-state index is 0.222. The third kappa shape index (κ3) is 4.68. The van der Waals surface area contributed by atoms with Crippen LogP contribution in [-0.2, 0) is 9.59 Å². The Morgan fingerprint density at radius 3 is 2.82 bits per heavy atom. The monoisotopic (exact) mass is 258 g/mol. The molecule has 1 aliphatic rings. The largest absolute Gasteiger partial charge is 0.353 e. The number of hydrogen-bond donors (Lipinski definition) is 2. The van der Waals surface area contributed by atoms with E-state index in [0.717, 1.165) is 31.4 Å². The van der Waals surface area contributed by atoms with Crippen molar-refractivity contribution in [2.75, 3.05) is 12.8 Å². The molecule has 1 heterocycles. The average Bonchev–Trinajstić information content (AvgIpc) is 2.67. The third-order valence-corrected chi connectivity index (χ3v) is 4.73. The molecular weight excluding hydrogens is 236 g/mol. The predicted molar refractivity (Wildman–Crippen MR) is 71.2 cm³/mol. The molecule has 0 radical (unpaired) electrons. The van der Waals surface area contributed by atoms with Crippen molar-refractivity contribution in [3.05, 3.63) is 0 Å². The van der Waals surface area contributed by atoms with Gasteiger partial charge in [0.15, 0.2) is 0 Å². The van der Waals surface area contributed by atoms with Crippen LogP contribution in [0.4, 0.5) is 0 Å². The molecule has 1 aliphatic heterocycles. The minimum Gasteiger partial charge on any atom is -0.353 e. The standard InChI is InChI=1S/C12H22N2O2S/c1-9(16)5-3-4-6-11-12(14-8-15)10(13-2)7-17-11/h8,10-13H,3-7H2,1-2H3,(H,14,15). The van der Waals surface area contributed by atoms with Gasteiger partial charge in [-0.25, -0.2) is 0 Å². The molecule has 3 unspecified atom stereocenters. The Labute approximate surface area is 107 Å². The van der Waals surface area contributed by atoms with Gasteiger partial charge in [-0.3, -0.25) is 4.79 Å². The highest BCUT2D eigenvalue weighted by molar-refractivity contribution is 8.00. The van der Waals surface area contributed by atoms with Gasteiger partial charge < -0.3 is 15.4 Å². The first-order valence-electron chi connectivity index (χ1n) is 6.17. The van der Waals surface area contributed by atoms with Crippen LogP contribution in [-0.4, -0.2) is 42.3 Å². The maximum atomic E-state index is 10.8. The molecule has 0 saturated carbocycles. The van der Waals surface area contributed by atoms with Crippen LogP contribution in [0.5, 0.6) is 0 Å². The summed E-state index contributed by atoms with van der Waals surface area (Å²) in [6.45, 7) is 1.64. The molecule has 2 N–H and O–H groups in total. The SMILES string of the molecule is CNC1CSC(CCCCC(C)=O)C1NC=O.